The molecule has 1 aromatic rings. The first-order valence-corrected chi connectivity index (χ1v) is 4.98. The Kier molecular flexibility index (Phi) is 2.18. The molecule has 0 amide bonds. The maximum absolute atomic E-state index is 11.1. The van der Waals surface area contributed by atoms with Gasteiger partial charge in [0.05, 0.1) is 0 Å². The van der Waals surface area contributed by atoms with Crippen LogP contribution < -0.4 is 4.74 Å². The SMILES string of the molecule is Cc1cccc2c1OCC(C)(C(=O)O)C2. The number of hydrogen-bond donors (Lipinski definition) is 1. The summed E-state index contributed by atoms with van der Waals surface area (Å²) < 4.78 is 5.55. The molecule has 0 saturated carbocycles. The Bertz CT molecular complexity index is 411. The van der Waals surface area contributed by atoms with Gasteiger partial charge in [-0.3, -0.25) is 4.79 Å². The molecule has 3 heteroatoms. The number of carbonyl (C=O) groups is 1. The second kappa shape index (κ2) is 3.26. The zero-order chi connectivity index (χ0) is 11.1. The van der Waals surface area contributed by atoms with Crippen LogP contribution in [0.25, 0.3) is 0 Å². The minimum atomic E-state index is -0.797. The van der Waals surface area contributed by atoms with Gasteiger partial charge in [0.1, 0.15) is 17.8 Å². The van der Waals surface area contributed by atoms with E-state index >= 15 is 0 Å². The predicted octanol–water partition coefficient (Wildman–Crippen LogP) is 2.02. The average molecular weight is 206 g/mol. The van der Waals surface area contributed by atoms with Crippen LogP contribution in [-0.4, -0.2) is 17.7 Å². The first-order valence-electron chi connectivity index (χ1n) is 4.98. The number of carboxylic acid groups (broad SMARTS) is 1. The Morgan fingerprint density at radius 3 is 2.93 bits per heavy atom. The van der Waals surface area contributed by atoms with E-state index in [1.54, 1.807) is 6.92 Å². The van der Waals surface area contributed by atoms with Gasteiger partial charge in [0.15, 0.2) is 0 Å². The fourth-order valence-electron chi connectivity index (χ4n) is 1.90. The van der Waals surface area contributed by atoms with Gasteiger partial charge in [-0.15, -0.1) is 0 Å². The molecule has 0 radical (unpaired) electrons. The lowest BCUT2D eigenvalue weighted by Crippen LogP contribution is -2.39. The highest BCUT2D eigenvalue weighted by molar-refractivity contribution is 5.75. The van der Waals surface area contributed by atoms with E-state index in [0.29, 0.717) is 6.42 Å². The van der Waals surface area contributed by atoms with E-state index in [-0.39, 0.29) is 6.61 Å². The summed E-state index contributed by atoms with van der Waals surface area (Å²) in [5.74, 6) is 0.0610. The second-order valence-corrected chi connectivity index (χ2v) is 4.39. The molecule has 15 heavy (non-hydrogen) atoms. The molecule has 0 fully saturated rings. The summed E-state index contributed by atoms with van der Waals surface area (Å²) in [5.41, 5.74) is 1.27. The normalized spacial score (nSPS) is 24.1. The van der Waals surface area contributed by atoms with Crippen LogP contribution in [0.2, 0.25) is 0 Å². The molecule has 0 spiro atoms. The van der Waals surface area contributed by atoms with Crippen LogP contribution in [0, 0.1) is 12.3 Å². The van der Waals surface area contributed by atoms with Crippen molar-refractivity contribution in [2.45, 2.75) is 20.3 Å². The van der Waals surface area contributed by atoms with Crippen molar-refractivity contribution in [3.05, 3.63) is 29.3 Å². The van der Waals surface area contributed by atoms with Gasteiger partial charge in [-0.1, -0.05) is 18.2 Å². The summed E-state index contributed by atoms with van der Waals surface area (Å²) in [5, 5.41) is 9.11. The largest absolute Gasteiger partial charge is 0.492 e. The molecule has 1 heterocycles. The van der Waals surface area contributed by atoms with Crippen LogP contribution in [0.5, 0.6) is 5.75 Å². The monoisotopic (exact) mass is 206 g/mol. The van der Waals surface area contributed by atoms with Crippen molar-refractivity contribution in [2.24, 2.45) is 5.41 Å². The molecule has 3 nitrogen and oxygen atoms in total. The van der Waals surface area contributed by atoms with Crippen LogP contribution in [-0.2, 0) is 11.2 Å². The van der Waals surface area contributed by atoms with Crippen LogP contribution in [0.4, 0.5) is 0 Å². The predicted molar refractivity (Wildman–Crippen MR) is 56.1 cm³/mol. The van der Waals surface area contributed by atoms with E-state index in [1.807, 2.05) is 25.1 Å². The van der Waals surface area contributed by atoms with E-state index in [1.165, 1.54) is 0 Å². The summed E-state index contributed by atoms with van der Waals surface area (Å²) in [4.78, 5) is 11.1. The number of carboxylic acids is 1. The molecule has 0 aromatic heterocycles. The molecular weight excluding hydrogens is 192 g/mol. The van der Waals surface area contributed by atoms with E-state index in [2.05, 4.69) is 0 Å². The maximum Gasteiger partial charge on any atom is 0.313 e. The molecule has 80 valence electrons. The topological polar surface area (TPSA) is 46.5 Å². The van der Waals surface area contributed by atoms with Crippen molar-refractivity contribution in [1.82, 2.24) is 0 Å². The lowest BCUT2D eigenvalue weighted by molar-refractivity contribution is -0.150. The quantitative estimate of drug-likeness (QED) is 0.764. The molecule has 2 rings (SSSR count). The van der Waals surface area contributed by atoms with Gasteiger partial charge < -0.3 is 9.84 Å². The molecule has 1 aliphatic heterocycles. The van der Waals surface area contributed by atoms with Crippen molar-refractivity contribution >= 4 is 5.97 Å². The van der Waals surface area contributed by atoms with Crippen molar-refractivity contribution in [1.29, 1.82) is 0 Å². The van der Waals surface area contributed by atoms with Crippen molar-refractivity contribution < 1.29 is 14.6 Å². The van der Waals surface area contributed by atoms with Crippen LogP contribution in [0.1, 0.15) is 18.1 Å². The van der Waals surface area contributed by atoms with Gasteiger partial charge >= 0.3 is 5.97 Å². The van der Waals surface area contributed by atoms with Crippen LogP contribution >= 0.6 is 0 Å². The molecule has 1 aliphatic rings. The summed E-state index contributed by atoms with van der Waals surface area (Å²) in [6.07, 6.45) is 0.541. The Morgan fingerprint density at radius 2 is 2.27 bits per heavy atom. The maximum atomic E-state index is 11.1. The molecule has 1 atom stereocenters. The Balaban J connectivity index is 2.39. The molecule has 1 N–H and O–H groups in total. The molecule has 1 unspecified atom stereocenters. The second-order valence-electron chi connectivity index (χ2n) is 4.39. The Labute approximate surface area is 88.7 Å². The Morgan fingerprint density at radius 1 is 1.53 bits per heavy atom. The van der Waals surface area contributed by atoms with Crippen molar-refractivity contribution in [3.63, 3.8) is 0 Å². The van der Waals surface area contributed by atoms with E-state index in [0.717, 1.165) is 16.9 Å². The standard InChI is InChI=1S/C12H14O3/c1-8-4-3-5-9-6-12(2,11(13)14)7-15-10(8)9/h3-5H,6-7H2,1-2H3,(H,13,14). The van der Waals surface area contributed by atoms with E-state index in [9.17, 15) is 4.79 Å². The highest BCUT2D eigenvalue weighted by Crippen LogP contribution is 2.36. The highest BCUT2D eigenvalue weighted by Gasteiger charge is 2.38. The van der Waals surface area contributed by atoms with Gasteiger partial charge in [0.2, 0.25) is 0 Å². The molecule has 1 aromatic carbocycles. The molecular formula is C12H14O3. The first-order chi connectivity index (χ1) is 7.03. The Hall–Kier alpha value is -1.51. The highest BCUT2D eigenvalue weighted by atomic mass is 16.5. The fraction of sp³-hybridized carbons (Fsp3) is 0.417. The summed E-state index contributed by atoms with van der Waals surface area (Å²) >= 11 is 0. The number of aliphatic carboxylic acids is 1. The third-order valence-electron chi connectivity index (χ3n) is 2.93. The average Bonchev–Trinajstić information content (AvgIpc) is 2.17. The third kappa shape index (κ3) is 1.58. The molecule has 0 bridgehead atoms. The fourth-order valence-corrected chi connectivity index (χ4v) is 1.90. The van der Waals surface area contributed by atoms with Gasteiger partial charge in [-0.05, 0) is 31.4 Å². The van der Waals surface area contributed by atoms with Crippen molar-refractivity contribution in [2.75, 3.05) is 6.61 Å². The molecule has 0 aliphatic carbocycles. The summed E-state index contributed by atoms with van der Waals surface area (Å²) in [6, 6.07) is 5.84. The summed E-state index contributed by atoms with van der Waals surface area (Å²) in [6.45, 7) is 3.95. The number of ether oxygens (including phenoxy) is 1. The lowest BCUT2D eigenvalue weighted by atomic mass is 9.82. The van der Waals surface area contributed by atoms with Gasteiger partial charge in [-0.25, -0.2) is 0 Å². The number of benzene rings is 1. The number of hydrogen-bond acceptors (Lipinski definition) is 2. The number of rotatable bonds is 1. The lowest BCUT2D eigenvalue weighted by Gasteiger charge is -2.31. The smallest absolute Gasteiger partial charge is 0.313 e. The number of aryl methyl sites for hydroxylation is 1. The van der Waals surface area contributed by atoms with Gasteiger partial charge in [-0.2, -0.15) is 0 Å². The first kappa shape index (κ1) is 10.0. The number of fused-ring (bicyclic) bond motifs is 1. The van der Waals surface area contributed by atoms with E-state index < -0.39 is 11.4 Å². The van der Waals surface area contributed by atoms with Crippen LogP contribution in [0.15, 0.2) is 18.2 Å². The third-order valence-corrected chi connectivity index (χ3v) is 2.93. The zero-order valence-corrected chi connectivity index (χ0v) is 8.91. The van der Waals surface area contributed by atoms with Crippen LogP contribution in [0.3, 0.4) is 0 Å². The zero-order valence-electron chi connectivity index (χ0n) is 8.91. The number of para-hydroxylation sites is 1. The minimum absolute atomic E-state index is 0.250. The van der Waals surface area contributed by atoms with Gasteiger partial charge in [0, 0.05) is 0 Å². The van der Waals surface area contributed by atoms with Crippen molar-refractivity contribution in [3.8, 4) is 5.75 Å². The molecule has 0 saturated heterocycles. The van der Waals surface area contributed by atoms with Gasteiger partial charge in [0.25, 0.3) is 0 Å². The van der Waals surface area contributed by atoms with E-state index in [4.69, 9.17) is 9.84 Å². The minimum Gasteiger partial charge on any atom is -0.492 e. The summed E-state index contributed by atoms with van der Waals surface area (Å²) in [7, 11) is 0.